The Morgan fingerprint density at radius 2 is 1.87 bits per heavy atom. The van der Waals surface area contributed by atoms with E-state index in [1.807, 2.05) is 0 Å². The lowest BCUT2D eigenvalue weighted by atomic mass is 9.98. The van der Waals surface area contributed by atoms with Gasteiger partial charge in [0.15, 0.2) is 5.78 Å². The Bertz CT molecular complexity index is 1240. The number of ketones is 1. The average molecular weight is 446 g/mol. The number of aromatic nitrogens is 1. The minimum Gasteiger partial charge on any atom is -0.395 e. The van der Waals surface area contributed by atoms with E-state index in [1.165, 1.54) is 18.2 Å². The van der Waals surface area contributed by atoms with E-state index in [2.05, 4.69) is 15.6 Å². The van der Waals surface area contributed by atoms with E-state index < -0.39 is 9.84 Å². The van der Waals surface area contributed by atoms with Crippen molar-refractivity contribution < 1.29 is 18.3 Å². The predicted octanol–water partition coefficient (Wildman–Crippen LogP) is 2.65. The number of rotatable bonds is 7. The number of aliphatic hydroxyl groups excluding tert-OH is 1. The van der Waals surface area contributed by atoms with E-state index in [4.69, 9.17) is 16.7 Å². The zero-order valence-electron chi connectivity index (χ0n) is 16.0. The van der Waals surface area contributed by atoms with Crippen LogP contribution in [0.3, 0.4) is 0 Å². The fraction of sp³-hybridized carbons (Fsp3) is 0.238. The fourth-order valence-corrected chi connectivity index (χ4v) is 5.51. The van der Waals surface area contributed by atoms with Crippen LogP contribution in [0.4, 0.5) is 5.82 Å². The van der Waals surface area contributed by atoms with Gasteiger partial charge in [0.1, 0.15) is 10.7 Å². The molecule has 0 radical (unpaired) electrons. The van der Waals surface area contributed by atoms with Crippen molar-refractivity contribution in [2.45, 2.75) is 16.2 Å². The molecule has 2 heterocycles. The van der Waals surface area contributed by atoms with Gasteiger partial charge >= 0.3 is 0 Å². The summed E-state index contributed by atoms with van der Waals surface area (Å²) in [5.41, 5.74) is 0.730. The maximum absolute atomic E-state index is 13.5. The van der Waals surface area contributed by atoms with Gasteiger partial charge < -0.3 is 15.7 Å². The van der Waals surface area contributed by atoms with E-state index in [1.54, 1.807) is 24.3 Å². The first-order valence-corrected chi connectivity index (χ1v) is 11.4. The summed E-state index contributed by atoms with van der Waals surface area (Å²) >= 11 is 6.04. The van der Waals surface area contributed by atoms with E-state index >= 15 is 0 Å². The third-order valence-electron chi connectivity index (χ3n) is 4.93. The summed E-state index contributed by atoms with van der Waals surface area (Å²) in [6.07, 6.45) is 0.684. The number of carbonyl (C=O) groups is 1. The number of nitrogens with one attached hydrogen (secondary N) is 2. The molecule has 3 aromatic rings. The molecule has 1 aliphatic rings. The largest absolute Gasteiger partial charge is 0.395 e. The number of pyridine rings is 1. The maximum Gasteiger partial charge on any atom is 0.211 e. The molecule has 0 bridgehead atoms. The first-order valence-electron chi connectivity index (χ1n) is 9.52. The van der Waals surface area contributed by atoms with Crippen LogP contribution in [0.1, 0.15) is 22.3 Å². The Balaban J connectivity index is 1.84. The van der Waals surface area contributed by atoms with E-state index in [0.717, 1.165) is 0 Å². The lowest BCUT2D eigenvalue weighted by Crippen LogP contribution is -2.24. The van der Waals surface area contributed by atoms with Crippen molar-refractivity contribution in [3.8, 4) is 0 Å². The lowest BCUT2D eigenvalue weighted by molar-refractivity contribution is 0.103. The summed E-state index contributed by atoms with van der Waals surface area (Å²) in [4.78, 5) is 17.7. The molecule has 156 valence electrons. The third kappa shape index (κ3) is 3.56. The van der Waals surface area contributed by atoms with Gasteiger partial charge in [-0.1, -0.05) is 29.8 Å². The van der Waals surface area contributed by atoms with Crippen molar-refractivity contribution in [1.29, 1.82) is 0 Å². The van der Waals surface area contributed by atoms with E-state index in [0.29, 0.717) is 42.0 Å². The molecule has 30 heavy (non-hydrogen) atoms. The van der Waals surface area contributed by atoms with Crippen LogP contribution >= 0.6 is 11.6 Å². The second-order valence-electron chi connectivity index (χ2n) is 6.91. The maximum atomic E-state index is 13.5. The SMILES string of the molecule is O=C1c2cc(Cl)ccc2S(=O)(=O)c2c(NCCCNCCO)nc3ccccc3c21. The highest BCUT2D eigenvalue weighted by molar-refractivity contribution is 7.92. The van der Waals surface area contributed by atoms with Crippen LogP contribution in [0.2, 0.25) is 5.02 Å². The molecule has 0 unspecified atom stereocenters. The average Bonchev–Trinajstić information content (AvgIpc) is 2.73. The van der Waals surface area contributed by atoms with Crippen molar-refractivity contribution in [3.63, 3.8) is 0 Å². The molecule has 7 nitrogen and oxygen atoms in total. The highest BCUT2D eigenvalue weighted by Crippen LogP contribution is 2.41. The first-order chi connectivity index (χ1) is 14.4. The van der Waals surface area contributed by atoms with Crippen LogP contribution in [0, 0.1) is 0 Å². The van der Waals surface area contributed by atoms with E-state index in [9.17, 15) is 13.2 Å². The molecule has 0 spiro atoms. The van der Waals surface area contributed by atoms with Gasteiger partial charge in [-0.3, -0.25) is 4.79 Å². The predicted molar refractivity (Wildman–Crippen MR) is 115 cm³/mol. The highest BCUT2D eigenvalue weighted by atomic mass is 35.5. The molecule has 3 N–H and O–H groups in total. The number of nitrogens with zero attached hydrogens (tertiary/aromatic N) is 1. The van der Waals surface area contributed by atoms with Gasteiger partial charge in [0.05, 0.1) is 22.6 Å². The molecule has 0 aliphatic carbocycles. The quantitative estimate of drug-likeness (QED) is 0.375. The molecular weight excluding hydrogens is 426 g/mol. The second kappa shape index (κ2) is 8.31. The van der Waals surface area contributed by atoms with Crippen molar-refractivity contribution in [2.75, 3.05) is 31.6 Å². The summed E-state index contributed by atoms with van der Waals surface area (Å²) < 4.78 is 27.0. The monoisotopic (exact) mass is 445 g/mol. The number of anilines is 1. The number of carbonyl (C=O) groups excluding carboxylic acids is 1. The Kier molecular flexibility index (Phi) is 5.75. The molecule has 0 atom stereocenters. The number of para-hydroxylation sites is 1. The zero-order chi connectivity index (χ0) is 21.3. The molecule has 4 rings (SSSR count). The number of hydrogen-bond donors (Lipinski definition) is 3. The number of aliphatic hydroxyl groups is 1. The van der Waals surface area contributed by atoms with Gasteiger partial charge in [0.25, 0.3) is 0 Å². The molecule has 0 amide bonds. The minimum atomic E-state index is -3.98. The molecule has 9 heteroatoms. The van der Waals surface area contributed by atoms with Crippen LogP contribution in [-0.4, -0.2) is 50.5 Å². The number of fused-ring (bicyclic) bond motifs is 4. The van der Waals surface area contributed by atoms with Gasteiger partial charge in [-0.2, -0.15) is 0 Å². The Morgan fingerprint density at radius 3 is 2.67 bits per heavy atom. The highest BCUT2D eigenvalue weighted by Gasteiger charge is 2.39. The van der Waals surface area contributed by atoms with Crippen LogP contribution in [0.5, 0.6) is 0 Å². The van der Waals surface area contributed by atoms with Gasteiger partial charge in [-0.05, 0) is 37.2 Å². The summed E-state index contributed by atoms with van der Waals surface area (Å²) in [5.74, 6) is -0.219. The molecule has 2 aromatic carbocycles. The number of sulfone groups is 1. The molecule has 0 saturated carbocycles. The Morgan fingerprint density at radius 1 is 1.07 bits per heavy atom. The van der Waals surface area contributed by atoms with Crippen LogP contribution in [0.15, 0.2) is 52.3 Å². The lowest BCUT2D eigenvalue weighted by Gasteiger charge is -2.23. The topological polar surface area (TPSA) is 108 Å². The fourth-order valence-electron chi connectivity index (χ4n) is 3.58. The van der Waals surface area contributed by atoms with Gasteiger partial charge in [0, 0.05) is 29.1 Å². The smallest absolute Gasteiger partial charge is 0.211 e. The number of halogens is 1. The molecule has 0 fully saturated rings. The summed E-state index contributed by atoms with van der Waals surface area (Å²) in [5, 5.41) is 15.8. The third-order valence-corrected chi connectivity index (χ3v) is 7.04. The molecule has 0 saturated heterocycles. The normalized spacial score (nSPS) is 14.4. The molecule has 1 aromatic heterocycles. The zero-order valence-corrected chi connectivity index (χ0v) is 17.6. The van der Waals surface area contributed by atoms with Crippen molar-refractivity contribution in [3.05, 3.63) is 58.6 Å². The van der Waals surface area contributed by atoms with Crippen LogP contribution in [-0.2, 0) is 9.84 Å². The molecular formula is C21H20ClN3O4S. The first kappa shape index (κ1) is 20.7. The van der Waals surface area contributed by atoms with Gasteiger partial charge in [-0.15, -0.1) is 0 Å². The van der Waals surface area contributed by atoms with E-state index in [-0.39, 0.29) is 39.1 Å². The minimum absolute atomic E-state index is 0.0525. The Hall–Kier alpha value is -2.52. The summed E-state index contributed by atoms with van der Waals surface area (Å²) in [7, 11) is -3.98. The second-order valence-corrected chi connectivity index (χ2v) is 9.20. The van der Waals surface area contributed by atoms with Crippen molar-refractivity contribution in [1.82, 2.24) is 10.3 Å². The van der Waals surface area contributed by atoms with Gasteiger partial charge in [-0.25, -0.2) is 13.4 Å². The Labute approximate surface area is 179 Å². The summed E-state index contributed by atoms with van der Waals surface area (Å²) in [6.45, 7) is 1.65. The van der Waals surface area contributed by atoms with Crippen molar-refractivity contribution >= 4 is 43.9 Å². The standard InChI is InChI=1S/C21H20ClN3O4S/c22-13-6-7-17-15(12-13)19(27)18-14-4-1-2-5-16(14)25-21(20(18)30(17,28)29)24-9-3-8-23-10-11-26/h1-2,4-7,12,23,26H,3,8-11H2,(H,24,25). The molecule has 1 aliphatic heterocycles. The van der Waals surface area contributed by atoms with Gasteiger partial charge in [0.2, 0.25) is 9.84 Å². The van der Waals surface area contributed by atoms with Crippen molar-refractivity contribution in [2.24, 2.45) is 0 Å². The van der Waals surface area contributed by atoms with Crippen LogP contribution in [0.25, 0.3) is 10.9 Å². The number of benzene rings is 2. The summed E-state index contributed by atoms with van der Waals surface area (Å²) in [6, 6.07) is 11.2. The number of hydrogen-bond acceptors (Lipinski definition) is 7. The van der Waals surface area contributed by atoms with Crippen LogP contribution < -0.4 is 10.6 Å².